The zero-order chi connectivity index (χ0) is 13.8. The van der Waals surface area contributed by atoms with Gasteiger partial charge in [0.1, 0.15) is 5.82 Å². The fourth-order valence-electron chi connectivity index (χ4n) is 1.96. The Balaban J connectivity index is 1.79. The number of anilines is 1. The van der Waals surface area contributed by atoms with Gasteiger partial charge >= 0.3 is 0 Å². The molecule has 20 heavy (non-hydrogen) atoms. The number of hydrogen-bond acceptors (Lipinski definition) is 3. The number of halogens is 1. The second-order valence-electron chi connectivity index (χ2n) is 4.34. The van der Waals surface area contributed by atoms with Crippen molar-refractivity contribution < 1.29 is 4.39 Å². The second kappa shape index (κ2) is 5.52. The van der Waals surface area contributed by atoms with Crippen molar-refractivity contribution in [2.45, 2.75) is 6.54 Å². The van der Waals surface area contributed by atoms with E-state index in [1.807, 2.05) is 24.3 Å². The summed E-state index contributed by atoms with van der Waals surface area (Å²) in [5.41, 5.74) is 2.88. The van der Waals surface area contributed by atoms with Crippen molar-refractivity contribution in [1.82, 2.24) is 15.0 Å². The van der Waals surface area contributed by atoms with Crippen LogP contribution in [-0.2, 0) is 6.54 Å². The third kappa shape index (κ3) is 2.66. The predicted molar refractivity (Wildman–Crippen MR) is 75.1 cm³/mol. The molecule has 0 saturated carbocycles. The first-order valence-corrected chi connectivity index (χ1v) is 6.27. The summed E-state index contributed by atoms with van der Waals surface area (Å²) in [6.45, 7) is 0.617. The van der Waals surface area contributed by atoms with Gasteiger partial charge in [-0.05, 0) is 29.8 Å². The van der Waals surface area contributed by atoms with E-state index in [0.717, 1.165) is 16.9 Å². The summed E-state index contributed by atoms with van der Waals surface area (Å²) in [4.78, 5) is 0. The number of nitrogens with zero attached hydrogens (tertiary/aromatic N) is 3. The zero-order valence-electron chi connectivity index (χ0n) is 10.7. The van der Waals surface area contributed by atoms with Gasteiger partial charge in [0.05, 0.1) is 23.8 Å². The first kappa shape index (κ1) is 12.3. The Kier molecular flexibility index (Phi) is 3.41. The van der Waals surface area contributed by atoms with Crippen molar-refractivity contribution in [3.05, 3.63) is 72.3 Å². The fourth-order valence-corrected chi connectivity index (χ4v) is 1.96. The van der Waals surface area contributed by atoms with Gasteiger partial charge in [-0.3, -0.25) is 0 Å². The van der Waals surface area contributed by atoms with Crippen molar-refractivity contribution >= 4 is 5.69 Å². The van der Waals surface area contributed by atoms with Crippen LogP contribution < -0.4 is 5.32 Å². The smallest absolute Gasteiger partial charge is 0.123 e. The lowest BCUT2D eigenvalue weighted by molar-refractivity contribution is 0.627. The van der Waals surface area contributed by atoms with E-state index in [9.17, 15) is 4.39 Å². The van der Waals surface area contributed by atoms with Gasteiger partial charge in [0, 0.05) is 6.54 Å². The van der Waals surface area contributed by atoms with Gasteiger partial charge in [-0.15, -0.1) is 5.10 Å². The molecule has 3 rings (SSSR count). The van der Waals surface area contributed by atoms with Gasteiger partial charge in [-0.2, -0.15) is 0 Å². The number of benzene rings is 2. The first-order chi connectivity index (χ1) is 9.83. The zero-order valence-corrected chi connectivity index (χ0v) is 10.7. The molecule has 0 amide bonds. The molecule has 1 aromatic heterocycles. The molecule has 0 spiro atoms. The molecular formula is C15H13FN4. The van der Waals surface area contributed by atoms with Crippen molar-refractivity contribution in [2.75, 3.05) is 5.32 Å². The molecule has 0 aliphatic rings. The fraction of sp³-hybridized carbons (Fsp3) is 0.0667. The minimum Gasteiger partial charge on any atom is -0.379 e. The van der Waals surface area contributed by atoms with Crippen molar-refractivity contribution in [3.63, 3.8) is 0 Å². The third-order valence-corrected chi connectivity index (χ3v) is 2.97. The Hall–Kier alpha value is -2.69. The van der Waals surface area contributed by atoms with E-state index in [1.165, 1.54) is 12.1 Å². The molecule has 0 saturated heterocycles. The summed E-state index contributed by atoms with van der Waals surface area (Å²) in [7, 11) is 0. The topological polar surface area (TPSA) is 42.7 Å². The molecule has 2 aromatic carbocycles. The first-order valence-electron chi connectivity index (χ1n) is 6.27. The van der Waals surface area contributed by atoms with Gasteiger partial charge in [-0.1, -0.05) is 29.5 Å². The van der Waals surface area contributed by atoms with E-state index in [1.54, 1.807) is 29.2 Å². The van der Waals surface area contributed by atoms with E-state index in [0.29, 0.717) is 6.54 Å². The molecular weight excluding hydrogens is 255 g/mol. The summed E-state index contributed by atoms with van der Waals surface area (Å²) in [5.74, 6) is -0.225. The average molecular weight is 268 g/mol. The van der Waals surface area contributed by atoms with Crippen LogP contribution in [0, 0.1) is 5.82 Å². The quantitative estimate of drug-likeness (QED) is 0.791. The van der Waals surface area contributed by atoms with E-state index in [-0.39, 0.29) is 5.82 Å². The number of hydrogen-bond donors (Lipinski definition) is 1. The van der Waals surface area contributed by atoms with Gasteiger partial charge < -0.3 is 5.32 Å². The molecule has 0 bridgehead atoms. The highest BCUT2D eigenvalue weighted by Gasteiger charge is 2.04. The monoisotopic (exact) mass is 268 g/mol. The maximum Gasteiger partial charge on any atom is 0.123 e. The molecule has 0 atom stereocenters. The highest BCUT2D eigenvalue weighted by Crippen LogP contribution is 2.19. The van der Waals surface area contributed by atoms with E-state index in [2.05, 4.69) is 15.6 Å². The summed E-state index contributed by atoms with van der Waals surface area (Å²) in [5, 5.41) is 11.1. The second-order valence-corrected chi connectivity index (χ2v) is 4.34. The van der Waals surface area contributed by atoms with E-state index in [4.69, 9.17) is 0 Å². The van der Waals surface area contributed by atoms with Crippen LogP contribution >= 0.6 is 0 Å². The molecule has 1 heterocycles. The molecule has 0 unspecified atom stereocenters. The number of rotatable bonds is 4. The molecule has 0 fully saturated rings. The summed E-state index contributed by atoms with van der Waals surface area (Å²) >= 11 is 0. The lowest BCUT2D eigenvalue weighted by Gasteiger charge is -2.11. The Bertz CT molecular complexity index is 677. The molecule has 1 N–H and O–H groups in total. The van der Waals surface area contributed by atoms with Crippen LogP contribution in [0.2, 0.25) is 0 Å². The van der Waals surface area contributed by atoms with Crippen molar-refractivity contribution in [2.24, 2.45) is 0 Å². The van der Waals surface area contributed by atoms with Crippen LogP contribution in [0.15, 0.2) is 60.9 Å². The van der Waals surface area contributed by atoms with Gasteiger partial charge in [0.25, 0.3) is 0 Å². The predicted octanol–water partition coefficient (Wildman–Crippen LogP) is 3.02. The van der Waals surface area contributed by atoms with Crippen LogP contribution in [-0.4, -0.2) is 15.0 Å². The van der Waals surface area contributed by atoms with E-state index < -0.39 is 0 Å². The Morgan fingerprint density at radius 1 is 1.05 bits per heavy atom. The summed E-state index contributed by atoms with van der Waals surface area (Å²) < 4.78 is 14.6. The number of nitrogens with one attached hydrogen (secondary N) is 1. The maximum atomic E-state index is 12.9. The highest BCUT2D eigenvalue weighted by molar-refractivity contribution is 5.60. The third-order valence-electron chi connectivity index (χ3n) is 2.97. The van der Waals surface area contributed by atoms with Crippen LogP contribution in [0.1, 0.15) is 5.56 Å². The molecule has 0 aliphatic carbocycles. The molecule has 0 radical (unpaired) electrons. The van der Waals surface area contributed by atoms with Crippen LogP contribution in [0.25, 0.3) is 5.69 Å². The molecule has 3 aromatic rings. The Morgan fingerprint density at radius 2 is 1.85 bits per heavy atom. The van der Waals surface area contributed by atoms with Crippen LogP contribution in [0.5, 0.6) is 0 Å². The number of aromatic nitrogens is 3. The lowest BCUT2D eigenvalue weighted by Crippen LogP contribution is -2.05. The lowest BCUT2D eigenvalue weighted by atomic mass is 10.2. The highest BCUT2D eigenvalue weighted by atomic mass is 19.1. The van der Waals surface area contributed by atoms with Gasteiger partial charge in [0.2, 0.25) is 0 Å². The van der Waals surface area contributed by atoms with Gasteiger partial charge in [0.15, 0.2) is 0 Å². The maximum absolute atomic E-state index is 12.9. The molecule has 100 valence electrons. The largest absolute Gasteiger partial charge is 0.379 e. The molecule has 0 aliphatic heterocycles. The summed E-state index contributed by atoms with van der Waals surface area (Å²) in [6, 6.07) is 14.3. The average Bonchev–Trinajstić information content (AvgIpc) is 3.01. The normalized spacial score (nSPS) is 10.4. The number of para-hydroxylation sites is 2. The Morgan fingerprint density at radius 3 is 2.60 bits per heavy atom. The van der Waals surface area contributed by atoms with Crippen molar-refractivity contribution in [1.29, 1.82) is 0 Å². The van der Waals surface area contributed by atoms with Crippen LogP contribution in [0.3, 0.4) is 0 Å². The Labute approximate surface area is 115 Å². The molecule has 4 nitrogen and oxygen atoms in total. The summed E-state index contributed by atoms with van der Waals surface area (Å²) in [6.07, 6.45) is 3.43. The minimum atomic E-state index is -0.225. The SMILES string of the molecule is Fc1ccc(CNc2ccccc2-n2ccnn2)cc1. The molecule has 5 heteroatoms. The van der Waals surface area contributed by atoms with E-state index >= 15 is 0 Å². The van der Waals surface area contributed by atoms with Crippen LogP contribution in [0.4, 0.5) is 10.1 Å². The van der Waals surface area contributed by atoms with Crippen molar-refractivity contribution in [3.8, 4) is 5.69 Å². The minimum absolute atomic E-state index is 0.225. The standard InChI is InChI=1S/C15H13FN4/c16-13-7-5-12(6-8-13)11-17-14-3-1-2-4-15(14)20-10-9-18-19-20/h1-10,17H,11H2. The van der Waals surface area contributed by atoms with Gasteiger partial charge in [-0.25, -0.2) is 9.07 Å².